The van der Waals surface area contributed by atoms with Gasteiger partial charge in [-0.15, -0.1) is 12.4 Å². The molecule has 0 aliphatic carbocycles. The van der Waals surface area contributed by atoms with E-state index in [1.807, 2.05) is 22.9 Å². The predicted molar refractivity (Wildman–Crippen MR) is 130 cm³/mol. The molecule has 0 spiro atoms. The smallest absolute Gasteiger partial charge is 0.326 e. The van der Waals surface area contributed by atoms with E-state index in [-0.39, 0.29) is 55.2 Å². The zero-order chi connectivity index (χ0) is 24.3. The van der Waals surface area contributed by atoms with Crippen LogP contribution in [0.2, 0.25) is 0 Å². The lowest BCUT2D eigenvalue weighted by atomic mass is 10.1. The van der Waals surface area contributed by atoms with Gasteiger partial charge in [0.2, 0.25) is 6.43 Å². The molecule has 0 saturated carbocycles. The molecule has 188 valence electrons. The van der Waals surface area contributed by atoms with Crippen molar-refractivity contribution in [3.8, 4) is 5.75 Å². The van der Waals surface area contributed by atoms with E-state index in [4.69, 9.17) is 4.74 Å². The van der Waals surface area contributed by atoms with Gasteiger partial charge < -0.3 is 10.1 Å². The molecule has 7 nitrogen and oxygen atoms in total. The minimum atomic E-state index is -4.29. The number of hydrogen-bond donors (Lipinski definition) is 2. The molecule has 3 aromatic rings. The molecule has 12 heteroatoms. The lowest BCUT2D eigenvalue weighted by Crippen LogP contribution is -2.30. The molecule has 35 heavy (non-hydrogen) atoms. The number of carbonyl (C=O) groups excluding carboxylic acids is 1. The first-order valence-electron chi connectivity index (χ1n) is 10.5. The first kappa shape index (κ1) is 26.4. The number of ether oxygens (including phenoxy) is 1. The van der Waals surface area contributed by atoms with E-state index >= 15 is 4.39 Å². The van der Waals surface area contributed by atoms with Crippen LogP contribution in [0, 0.1) is 5.82 Å². The van der Waals surface area contributed by atoms with E-state index in [0.29, 0.717) is 15.4 Å². The number of carbonyl (C=O) groups is 1. The highest BCUT2D eigenvalue weighted by molar-refractivity contribution is 7.92. The Balaban J connectivity index is 0.00000342. The second-order valence-corrected chi connectivity index (χ2v) is 9.34. The second kappa shape index (κ2) is 11.0. The second-order valence-electron chi connectivity index (χ2n) is 7.74. The number of benzene rings is 3. The maximum atomic E-state index is 15.8. The highest BCUT2D eigenvalue weighted by Gasteiger charge is 2.38. The van der Waals surface area contributed by atoms with Gasteiger partial charge in [0.15, 0.2) is 5.82 Å². The first-order chi connectivity index (χ1) is 16.2. The normalized spacial score (nSPS) is 14.6. The lowest BCUT2D eigenvalue weighted by molar-refractivity contribution is -0.117. The third-order valence-corrected chi connectivity index (χ3v) is 6.63. The van der Waals surface area contributed by atoms with Crippen LogP contribution in [-0.2, 0) is 21.6 Å². The first-order valence-corrected chi connectivity index (χ1v) is 12.0. The maximum absolute atomic E-state index is 15.8. The number of nitrogens with zero attached hydrogens (tertiary/aromatic N) is 1. The largest absolute Gasteiger partial charge is 0.487 e. The number of rotatable bonds is 9. The molecule has 4 rings (SSSR count). The number of fused-ring (bicyclic) bond motifs is 1. The molecule has 0 radical (unpaired) electrons. The highest BCUT2D eigenvalue weighted by Crippen LogP contribution is 2.40. The van der Waals surface area contributed by atoms with E-state index in [9.17, 15) is 22.0 Å². The molecule has 0 aromatic heterocycles. The number of halogens is 4. The van der Waals surface area contributed by atoms with Crippen molar-refractivity contribution in [2.45, 2.75) is 25.9 Å². The van der Waals surface area contributed by atoms with Crippen molar-refractivity contribution in [3.63, 3.8) is 0 Å². The number of hydrogen-bond acceptors (Lipinski definition) is 5. The number of alkyl halides is 2. The summed E-state index contributed by atoms with van der Waals surface area (Å²) in [6.07, 6.45) is -2.42. The van der Waals surface area contributed by atoms with Crippen molar-refractivity contribution in [2.24, 2.45) is 0 Å². The molecular weight excluding hydrogens is 507 g/mol. The fraction of sp³-hybridized carbons (Fsp3) is 0.261. The number of anilines is 2. The number of nitrogens with one attached hydrogen (secondary N) is 2. The molecule has 1 heterocycles. The minimum absolute atomic E-state index is 0. The predicted octanol–water partition coefficient (Wildman–Crippen LogP) is 4.62. The molecule has 0 unspecified atom stereocenters. The van der Waals surface area contributed by atoms with Crippen molar-refractivity contribution < 1.29 is 31.1 Å². The van der Waals surface area contributed by atoms with Gasteiger partial charge in [-0.3, -0.25) is 4.79 Å². The molecule has 0 atom stereocenters. The average Bonchev–Trinajstić information content (AvgIpc) is 3.07. The van der Waals surface area contributed by atoms with Crippen LogP contribution in [0.15, 0.2) is 54.6 Å². The summed E-state index contributed by atoms with van der Waals surface area (Å²) in [5, 5.41) is 3.50. The quantitative estimate of drug-likeness (QED) is 0.395. The van der Waals surface area contributed by atoms with Crippen molar-refractivity contribution in [2.75, 3.05) is 22.7 Å². The van der Waals surface area contributed by atoms with E-state index in [2.05, 4.69) is 5.32 Å². The van der Waals surface area contributed by atoms with E-state index in [0.717, 1.165) is 5.56 Å². The Kier molecular flexibility index (Phi) is 8.34. The summed E-state index contributed by atoms with van der Waals surface area (Å²) in [6, 6.07) is 15.3. The SMILES string of the molecule is Cl.O=C1CN(c2c(OCc3ccccc3)cc3ccc(NCCCC(F)F)cc3c2F)S(=O)(=O)N1. The van der Waals surface area contributed by atoms with Gasteiger partial charge in [0.25, 0.3) is 5.91 Å². The van der Waals surface area contributed by atoms with Crippen molar-refractivity contribution in [3.05, 3.63) is 66.0 Å². The lowest BCUT2D eigenvalue weighted by Gasteiger charge is -2.21. The Bertz CT molecular complexity index is 1310. The van der Waals surface area contributed by atoms with Gasteiger partial charge in [0, 0.05) is 24.0 Å². The molecule has 1 saturated heterocycles. The fourth-order valence-corrected chi connectivity index (χ4v) is 4.80. The molecular formula is C23H23ClF3N3O4S. The Labute approximate surface area is 206 Å². The zero-order valence-electron chi connectivity index (χ0n) is 18.3. The van der Waals surface area contributed by atoms with Gasteiger partial charge in [-0.1, -0.05) is 36.4 Å². The van der Waals surface area contributed by atoms with Gasteiger partial charge in [0.1, 0.15) is 24.6 Å². The van der Waals surface area contributed by atoms with Crippen LogP contribution in [0.3, 0.4) is 0 Å². The van der Waals surface area contributed by atoms with E-state index in [1.54, 1.807) is 24.3 Å². The van der Waals surface area contributed by atoms with Gasteiger partial charge in [0.05, 0.1) is 0 Å². The van der Waals surface area contributed by atoms with Crippen LogP contribution in [-0.4, -0.2) is 33.8 Å². The molecule has 3 aromatic carbocycles. The summed E-state index contributed by atoms with van der Waals surface area (Å²) < 4.78 is 73.7. The summed E-state index contributed by atoms with van der Waals surface area (Å²) in [5.74, 6) is -1.70. The molecule has 1 amide bonds. The molecule has 2 N–H and O–H groups in total. The summed E-state index contributed by atoms with van der Waals surface area (Å²) in [6.45, 7) is -0.266. The van der Waals surface area contributed by atoms with Crippen LogP contribution < -0.4 is 19.1 Å². The molecule has 0 bridgehead atoms. The van der Waals surface area contributed by atoms with Crippen LogP contribution in [0.25, 0.3) is 10.8 Å². The summed E-state index contributed by atoms with van der Waals surface area (Å²) in [4.78, 5) is 11.8. The minimum Gasteiger partial charge on any atom is -0.487 e. The van der Waals surface area contributed by atoms with Crippen molar-refractivity contribution >= 4 is 50.7 Å². The Morgan fingerprint density at radius 2 is 1.86 bits per heavy atom. The van der Waals surface area contributed by atoms with E-state index < -0.39 is 34.9 Å². The van der Waals surface area contributed by atoms with Crippen LogP contribution in [0.1, 0.15) is 18.4 Å². The third-order valence-electron chi connectivity index (χ3n) is 5.25. The van der Waals surface area contributed by atoms with Crippen molar-refractivity contribution in [1.82, 2.24) is 4.72 Å². The van der Waals surface area contributed by atoms with Crippen molar-refractivity contribution in [1.29, 1.82) is 0 Å². The molecule has 1 aliphatic heterocycles. The monoisotopic (exact) mass is 529 g/mol. The fourth-order valence-electron chi connectivity index (χ4n) is 3.64. The van der Waals surface area contributed by atoms with Gasteiger partial charge in [-0.25, -0.2) is 22.2 Å². The standard InChI is InChI=1S/C23H22F3N3O4S.ClH/c24-20(25)7-4-10-27-17-9-8-16-11-19(33-14-15-5-2-1-3-6-15)23(22(26)18(16)12-17)29-13-21(30)28-34(29,31)32;/h1-3,5-6,8-9,11-12,20,27H,4,7,10,13-14H2,(H,28,30);1H. The van der Waals surface area contributed by atoms with Crippen LogP contribution >= 0.6 is 12.4 Å². The van der Waals surface area contributed by atoms with Crippen LogP contribution in [0.5, 0.6) is 5.75 Å². The summed E-state index contributed by atoms with van der Waals surface area (Å²) >= 11 is 0. The summed E-state index contributed by atoms with van der Waals surface area (Å²) in [7, 11) is -4.29. The highest BCUT2D eigenvalue weighted by atomic mass is 35.5. The van der Waals surface area contributed by atoms with E-state index in [1.165, 1.54) is 12.1 Å². The molecule has 1 aliphatic rings. The Morgan fingerprint density at radius 3 is 2.51 bits per heavy atom. The topological polar surface area (TPSA) is 87.7 Å². The third kappa shape index (κ3) is 6.09. The summed E-state index contributed by atoms with van der Waals surface area (Å²) in [5.41, 5.74) is 0.899. The Hall–Kier alpha value is -3.18. The van der Waals surface area contributed by atoms with Gasteiger partial charge >= 0.3 is 10.2 Å². The number of amides is 1. The van der Waals surface area contributed by atoms with Gasteiger partial charge in [-0.2, -0.15) is 8.42 Å². The maximum Gasteiger partial charge on any atom is 0.326 e. The van der Waals surface area contributed by atoms with Gasteiger partial charge in [-0.05, 0) is 35.6 Å². The average molecular weight is 530 g/mol. The zero-order valence-corrected chi connectivity index (χ0v) is 20.0. The van der Waals surface area contributed by atoms with Crippen LogP contribution in [0.4, 0.5) is 24.5 Å². The molecule has 1 fully saturated rings. The Morgan fingerprint density at radius 1 is 1.11 bits per heavy atom.